The van der Waals surface area contributed by atoms with Crippen molar-refractivity contribution in [3.63, 3.8) is 0 Å². The molecule has 0 amide bonds. The van der Waals surface area contributed by atoms with Crippen LogP contribution in [0.5, 0.6) is 0 Å². The lowest BCUT2D eigenvalue weighted by Crippen LogP contribution is -2.51. The standard InChI is InChI=1S/C13H24O3/c1-9(2)15-11(3,4)13-7-6-12(5,16-13)10(14)8-13/h9-10,14H,6-8H2,1-5H3. The third kappa shape index (κ3) is 1.60. The summed E-state index contributed by atoms with van der Waals surface area (Å²) in [7, 11) is 0. The van der Waals surface area contributed by atoms with Gasteiger partial charge in [0.1, 0.15) is 5.60 Å². The molecule has 0 aromatic rings. The van der Waals surface area contributed by atoms with Crippen molar-refractivity contribution in [2.45, 2.75) is 82.9 Å². The Labute approximate surface area is 98.1 Å². The average molecular weight is 228 g/mol. The first kappa shape index (κ1) is 12.3. The SMILES string of the molecule is CC(C)OC(C)(C)C12CCC(C)(O1)C(O)C2. The molecular formula is C13H24O3. The minimum atomic E-state index is -0.351. The van der Waals surface area contributed by atoms with Gasteiger partial charge in [-0.3, -0.25) is 0 Å². The van der Waals surface area contributed by atoms with Gasteiger partial charge in [0.15, 0.2) is 0 Å². The second kappa shape index (κ2) is 3.44. The summed E-state index contributed by atoms with van der Waals surface area (Å²) in [5.74, 6) is 0. The van der Waals surface area contributed by atoms with Gasteiger partial charge in [0.05, 0.1) is 23.4 Å². The summed E-state index contributed by atoms with van der Waals surface area (Å²) >= 11 is 0. The van der Waals surface area contributed by atoms with Crippen LogP contribution in [0.1, 0.15) is 53.9 Å². The maximum Gasteiger partial charge on any atom is 0.100 e. The zero-order valence-corrected chi connectivity index (χ0v) is 11.0. The zero-order chi connectivity index (χ0) is 12.2. The van der Waals surface area contributed by atoms with Gasteiger partial charge in [0, 0.05) is 6.42 Å². The van der Waals surface area contributed by atoms with Crippen LogP contribution in [-0.2, 0) is 9.47 Å². The van der Waals surface area contributed by atoms with Gasteiger partial charge in [-0.05, 0) is 47.5 Å². The Kier molecular flexibility index (Phi) is 2.65. The number of aliphatic hydroxyl groups excluding tert-OH is 1. The van der Waals surface area contributed by atoms with Gasteiger partial charge in [-0.25, -0.2) is 0 Å². The molecule has 0 aromatic heterocycles. The third-order valence-corrected chi connectivity index (χ3v) is 4.31. The van der Waals surface area contributed by atoms with Crippen LogP contribution in [0.25, 0.3) is 0 Å². The van der Waals surface area contributed by atoms with Gasteiger partial charge in [0.2, 0.25) is 0 Å². The molecule has 3 heteroatoms. The lowest BCUT2D eigenvalue weighted by Gasteiger charge is -2.42. The first-order valence-corrected chi connectivity index (χ1v) is 6.27. The second-order valence-electron chi connectivity index (χ2n) is 6.31. The quantitative estimate of drug-likeness (QED) is 0.805. The topological polar surface area (TPSA) is 38.7 Å². The highest BCUT2D eigenvalue weighted by atomic mass is 16.6. The number of ether oxygens (including phenoxy) is 2. The van der Waals surface area contributed by atoms with Crippen LogP contribution >= 0.6 is 0 Å². The Morgan fingerprint density at radius 2 is 2.00 bits per heavy atom. The molecule has 0 aliphatic carbocycles. The molecule has 16 heavy (non-hydrogen) atoms. The zero-order valence-electron chi connectivity index (χ0n) is 11.0. The van der Waals surface area contributed by atoms with E-state index in [-0.39, 0.29) is 29.0 Å². The summed E-state index contributed by atoms with van der Waals surface area (Å²) in [6.45, 7) is 10.3. The van der Waals surface area contributed by atoms with Crippen molar-refractivity contribution >= 4 is 0 Å². The Hall–Kier alpha value is -0.120. The number of fused-ring (bicyclic) bond motifs is 2. The Morgan fingerprint density at radius 1 is 1.38 bits per heavy atom. The molecule has 2 heterocycles. The van der Waals surface area contributed by atoms with E-state index in [4.69, 9.17) is 9.47 Å². The van der Waals surface area contributed by atoms with Gasteiger partial charge in [-0.15, -0.1) is 0 Å². The largest absolute Gasteiger partial charge is 0.390 e. The van der Waals surface area contributed by atoms with Crippen LogP contribution in [0.4, 0.5) is 0 Å². The number of aliphatic hydroxyl groups is 1. The third-order valence-electron chi connectivity index (χ3n) is 4.31. The summed E-state index contributed by atoms with van der Waals surface area (Å²) in [5.41, 5.74) is -0.987. The minimum Gasteiger partial charge on any atom is -0.390 e. The molecule has 0 spiro atoms. The van der Waals surface area contributed by atoms with Crippen LogP contribution in [0.3, 0.4) is 0 Å². The number of rotatable bonds is 3. The van der Waals surface area contributed by atoms with Crippen LogP contribution in [0.2, 0.25) is 0 Å². The summed E-state index contributed by atoms with van der Waals surface area (Å²) in [6, 6.07) is 0. The molecule has 2 aliphatic heterocycles. The van der Waals surface area contributed by atoms with E-state index < -0.39 is 0 Å². The molecule has 0 radical (unpaired) electrons. The predicted octanol–water partition coefficient (Wildman–Crippen LogP) is 2.26. The van der Waals surface area contributed by atoms with E-state index in [0.717, 1.165) is 12.8 Å². The van der Waals surface area contributed by atoms with Gasteiger partial charge < -0.3 is 14.6 Å². The molecule has 3 atom stereocenters. The Balaban J connectivity index is 2.22. The molecule has 0 saturated carbocycles. The monoisotopic (exact) mass is 228 g/mol. The lowest BCUT2D eigenvalue weighted by molar-refractivity contribution is -0.192. The fourth-order valence-corrected chi connectivity index (χ4v) is 3.27. The summed E-state index contributed by atoms with van der Waals surface area (Å²) < 4.78 is 12.2. The van der Waals surface area contributed by atoms with Crippen LogP contribution in [0, 0.1) is 0 Å². The van der Waals surface area contributed by atoms with E-state index in [1.807, 2.05) is 20.8 Å². The fraction of sp³-hybridized carbons (Fsp3) is 1.00. The van der Waals surface area contributed by atoms with Crippen LogP contribution in [0.15, 0.2) is 0 Å². The molecule has 94 valence electrons. The summed E-state index contributed by atoms with van der Waals surface area (Å²) in [4.78, 5) is 0. The summed E-state index contributed by atoms with van der Waals surface area (Å²) in [5, 5.41) is 10.1. The van der Waals surface area contributed by atoms with E-state index in [1.165, 1.54) is 0 Å². The van der Waals surface area contributed by atoms with Gasteiger partial charge >= 0.3 is 0 Å². The van der Waals surface area contributed by atoms with Gasteiger partial charge in [0.25, 0.3) is 0 Å². The lowest BCUT2D eigenvalue weighted by atomic mass is 9.73. The highest BCUT2D eigenvalue weighted by molar-refractivity contribution is 5.14. The van der Waals surface area contributed by atoms with Gasteiger partial charge in [-0.2, -0.15) is 0 Å². The van der Waals surface area contributed by atoms with Crippen molar-refractivity contribution in [2.24, 2.45) is 0 Å². The molecule has 2 bridgehead atoms. The fourth-order valence-electron chi connectivity index (χ4n) is 3.27. The van der Waals surface area contributed by atoms with Crippen molar-refractivity contribution in [1.29, 1.82) is 0 Å². The number of hydrogen-bond donors (Lipinski definition) is 1. The first-order chi connectivity index (χ1) is 7.21. The van der Waals surface area contributed by atoms with Gasteiger partial charge in [-0.1, -0.05) is 0 Å². The predicted molar refractivity (Wildman–Crippen MR) is 62.4 cm³/mol. The molecule has 2 aliphatic rings. The highest BCUT2D eigenvalue weighted by Crippen LogP contribution is 2.56. The molecule has 0 aromatic carbocycles. The van der Waals surface area contributed by atoms with E-state index in [1.54, 1.807) is 0 Å². The maximum absolute atomic E-state index is 10.1. The highest BCUT2D eigenvalue weighted by Gasteiger charge is 2.64. The maximum atomic E-state index is 10.1. The molecule has 2 fully saturated rings. The molecule has 3 nitrogen and oxygen atoms in total. The van der Waals surface area contributed by atoms with Crippen molar-refractivity contribution in [3.8, 4) is 0 Å². The van der Waals surface area contributed by atoms with E-state index in [2.05, 4.69) is 13.8 Å². The Bertz CT molecular complexity index is 287. The molecule has 2 rings (SSSR count). The van der Waals surface area contributed by atoms with Crippen molar-refractivity contribution in [3.05, 3.63) is 0 Å². The smallest absolute Gasteiger partial charge is 0.100 e. The van der Waals surface area contributed by atoms with Crippen LogP contribution in [-0.4, -0.2) is 34.1 Å². The molecule has 1 N–H and O–H groups in total. The molecule has 3 unspecified atom stereocenters. The van der Waals surface area contributed by atoms with E-state index in [9.17, 15) is 5.11 Å². The number of hydrogen-bond acceptors (Lipinski definition) is 3. The molecule has 2 saturated heterocycles. The average Bonchev–Trinajstić information content (AvgIpc) is 2.54. The minimum absolute atomic E-state index is 0.178. The molecular weight excluding hydrogens is 204 g/mol. The van der Waals surface area contributed by atoms with E-state index in [0.29, 0.717) is 6.42 Å². The van der Waals surface area contributed by atoms with Crippen molar-refractivity contribution in [2.75, 3.05) is 0 Å². The summed E-state index contributed by atoms with van der Waals surface area (Å²) in [6.07, 6.45) is 2.44. The normalized spacial score (nSPS) is 43.3. The van der Waals surface area contributed by atoms with Crippen molar-refractivity contribution < 1.29 is 14.6 Å². The van der Waals surface area contributed by atoms with E-state index >= 15 is 0 Å². The Morgan fingerprint density at radius 3 is 2.38 bits per heavy atom. The van der Waals surface area contributed by atoms with Crippen molar-refractivity contribution in [1.82, 2.24) is 0 Å². The second-order valence-corrected chi connectivity index (χ2v) is 6.31. The van der Waals surface area contributed by atoms with Crippen LogP contribution < -0.4 is 0 Å². The first-order valence-electron chi connectivity index (χ1n) is 6.27.